The third kappa shape index (κ3) is 6.29. The van der Waals surface area contributed by atoms with E-state index in [1.165, 1.54) is 0 Å². The summed E-state index contributed by atoms with van der Waals surface area (Å²) in [5, 5.41) is 16.2. The van der Waals surface area contributed by atoms with E-state index in [-0.39, 0.29) is 12.7 Å². The molecule has 0 aromatic heterocycles. The molecule has 0 saturated carbocycles. The number of ether oxygens (including phenoxy) is 1. The van der Waals surface area contributed by atoms with E-state index in [0.717, 1.165) is 18.7 Å². The van der Waals surface area contributed by atoms with Crippen LogP contribution in [0.4, 0.5) is 0 Å². The molecule has 4 nitrogen and oxygen atoms in total. The zero-order chi connectivity index (χ0) is 15.0. The minimum Gasteiger partial charge on any atom is -0.489 e. The molecule has 0 bridgehead atoms. The van der Waals surface area contributed by atoms with E-state index in [9.17, 15) is 0 Å². The molecule has 20 heavy (non-hydrogen) atoms. The van der Waals surface area contributed by atoms with Gasteiger partial charge in [0.25, 0.3) is 0 Å². The molecule has 1 aromatic rings. The van der Waals surface area contributed by atoms with E-state index >= 15 is 0 Å². The average Bonchev–Trinajstić information content (AvgIpc) is 2.37. The zero-order valence-corrected chi connectivity index (χ0v) is 13.4. The third-order valence-electron chi connectivity index (χ3n) is 2.52. The molecule has 6 heteroatoms. The number of rotatable bonds is 9. The molecule has 0 amide bonds. The highest BCUT2D eigenvalue weighted by molar-refractivity contribution is 6.35. The Morgan fingerprint density at radius 1 is 1.15 bits per heavy atom. The number of nitrogens with one attached hydrogen (secondary N) is 2. The van der Waals surface area contributed by atoms with Gasteiger partial charge in [0.1, 0.15) is 5.75 Å². The van der Waals surface area contributed by atoms with E-state index in [0.29, 0.717) is 28.9 Å². The number of hydrogen-bond donors (Lipinski definition) is 3. The number of hydrogen-bond acceptors (Lipinski definition) is 4. The molecule has 0 fully saturated rings. The van der Waals surface area contributed by atoms with Gasteiger partial charge in [0.15, 0.2) is 0 Å². The van der Waals surface area contributed by atoms with Crippen LogP contribution in [0.2, 0.25) is 10.0 Å². The molecule has 0 heterocycles. The molecular weight excluding hydrogens is 299 g/mol. The second-order valence-electron chi connectivity index (χ2n) is 4.69. The van der Waals surface area contributed by atoms with Crippen molar-refractivity contribution in [2.75, 3.05) is 26.2 Å². The first-order chi connectivity index (χ1) is 9.54. The Labute approximate surface area is 130 Å². The Morgan fingerprint density at radius 2 is 1.85 bits per heavy atom. The maximum absolute atomic E-state index is 8.65. The minimum absolute atomic E-state index is 0.0543. The molecular formula is C14H22Cl2N2O2. The minimum atomic E-state index is 0.0543. The van der Waals surface area contributed by atoms with Crippen LogP contribution in [0.5, 0.6) is 5.75 Å². The average molecular weight is 321 g/mol. The summed E-state index contributed by atoms with van der Waals surface area (Å²) in [4.78, 5) is 0. The second kappa shape index (κ2) is 9.42. The Bertz CT molecular complexity index is 414. The van der Waals surface area contributed by atoms with Crippen LogP contribution < -0.4 is 15.4 Å². The van der Waals surface area contributed by atoms with Gasteiger partial charge in [0.2, 0.25) is 0 Å². The first-order valence-corrected chi connectivity index (χ1v) is 7.47. The maximum atomic E-state index is 8.65. The van der Waals surface area contributed by atoms with E-state index in [4.69, 9.17) is 33.0 Å². The molecule has 0 aliphatic rings. The summed E-state index contributed by atoms with van der Waals surface area (Å²) in [6.45, 7) is 6.87. The monoisotopic (exact) mass is 320 g/mol. The fourth-order valence-corrected chi connectivity index (χ4v) is 2.30. The van der Waals surface area contributed by atoms with Gasteiger partial charge in [-0.05, 0) is 26.0 Å². The van der Waals surface area contributed by atoms with Crippen molar-refractivity contribution in [2.24, 2.45) is 0 Å². The van der Waals surface area contributed by atoms with Crippen molar-refractivity contribution >= 4 is 23.2 Å². The van der Waals surface area contributed by atoms with Crippen LogP contribution in [0.25, 0.3) is 0 Å². The molecule has 1 rings (SSSR count). The first kappa shape index (κ1) is 17.5. The highest BCUT2D eigenvalue weighted by Crippen LogP contribution is 2.33. The van der Waals surface area contributed by atoms with Gasteiger partial charge in [0.05, 0.1) is 17.7 Å². The molecule has 1 aromatic carbocycles. The topological polar surface area (TPSA) is 53.5 Å². The van der Waals surface area contributed by atoms with E-state index in [2.05, 4.69) is 10.6 Å². The largest absolute Gasteiger partial charge is 0.489 e. The SMILES string of the molecule is CC(C)Oc1c(Cl)cc(Cl)cc1CNCCNCCO. The van der Waals surface area contributed by atoms with Crippen LogP contribution in [0, 0.1) is 0 Å². The van der Waals surface area contributed by atoms with Crippen LogP contribution in [0.15, 0.2) is 12.1 Å². The van der Waals surface area contributed by atoms with Gasteiger partial charge in [0, 0.05) is 36.8 Å². The standard InChI is InChI=1S/C14H22Cl2N2O2/c1-10(2)20-14-11(7-12(15)8-13(14)16)9-18-4-3-17-5-6-19/h7-8,10,17-19H,3-6,9H2,1-2H3. The Kier molecular flexibility index (Phi) is 8.26. The normalized spacial score (nSPS) is 11.1. The Morgan fingerprint density at radius 3 is 2.50 bits per heavy atom. The Balaban J connectivity index is 2.58. The molecule has 3 N–H and O–H groups in total. The lowest BCUT2D eigenvalue weighted by molar-refractivity contribution is 0.239. The van der Waals surface area contributed by atoms with Crippen LogP contribution in [-0.4, -0.2) is 37.5 Å². The third-order valence-corrected chi connectivity index (χ3v) is 3.02. The Hall–Kier alpha value is -0.520. The molecule has 0 unspecified atom stereocenters. The van der Waals surface area contributed by atoms with Crippen molar-refractivity contribution < 1.29 is 9.84 Å². The summed E-state index contributed by atoms with van der Waals surface area (Å²) >= 11 is 12.2. The van der Waals surface area contributed by atoms with Crippen molar-refractivity contribution in [1.82, 2.24) is 10.6 Å². The quantitative estimate of drug-likeness (QED) is 0.612. The van der Waals surface area contributed by atoms with Gasteiger partial charge in [-0.25, -0.2) is 0 Å². The van der Waals surface area contributed by atoms with Crippen LogP contribution in [0.1, 0.15) is 19.4 Å². The van der Waals surface area contributed by atoms with E-state index in [1.807, 2.05) is 19.9 Å². The zero-order valence-electron chi connectivity index (χ0n) is 11.9. The second-order valence-corrected chi connectivity index (χ2v) is 5.54. The lowest BCUT2D eigenvalue weighted by Crippen LogP contribution is -2.29. The molecule has 0 aliphatic carbocycles. The molecule has 0 saturated heterocycles. The number of aliphatic hydroxyl groups excluding tert-OH is 1. The molecule has 114 valence electrons. The lowest BCUT2D eigenvalue weighted by atomic mass is 10.2. The van der Waals surface area contributed by atoms with Gasteiger partial charge in [-0.1, -0.05) is 23.2 Å². The maximum Gasteiger partial charge on any atom is 0.142 e. The van der Waals surface area contributed by atoms with Gasteiger partial charge >= 0.3 is 0 Å². The van der Waals surface area contributed by atoms with E-state index in [1.54, 1.807) is 6.07 Å². The highest BCUT2D eigenvalue weighted by Gasteiger charge is 2.12. The molecule has 0 radical (unpaired) electrons. The van der Waals surface area contributed by atoms with Gasteiger partial charge in [-0.15, -0.1) is 0 Å². The van der Waals surface area contributed by atoms with E-state index < -0.39 is 0 Å². The summed E-state index contributed by atoms with van der Waals surface area (Å²) in [6, 6.07) is 3.55. The van der Waals surface area contributed by atoms with Crippen molar-refractivity contribution in [3.8, 4) is 5.75 Å². The first-order valence-electron chi connectivity index (χ1n) is 6.71. The number of benzene rings is 1. The highest BCUT2D eigenvalue weighted by atomic mass is 35.5. The van der Waals surface area contributed by atoms with Gasteiger partial charge in [-0.3, -0.25) is 0 Å². The van der Waals surface area contributed by atoms with Gasteiger partial charge < -0.3 is 20.5 Å². The molecule has 0 atom stereocenters. The summed E-state index contributed by atoms with van der Waals surface area (Å²) in [6.07, 6.45) is 0.0543. The summed E-state index contributed by atoms with van der Waals surface area (Å²) < 4.78 is 5.75. The predicted molar refractivity (Wildman–Crippen MR) is 83.9 cm³/mol. The van der Waals surface area contributed by atoms with Crippen LogP contribution in [0.3, 0.4) is 0 Å². The fourth-order valence-electron chi connectivity index (χ4n) is 1.72. The van der Waals surface area contributed by atoms with Crippen molar-refractivity contribution in [1.29, 1.82) is 0 Å². The van der Waals surface area contributed by atoms with Crippen molar-refractivity contribution in [3.63, 3.8) is 0 Å². The predicted octanol–water partition coefficient (Wildman–Crippen LogP) is 2.45. The van der Waals surface area contributed by atoms with Crippen LogP contribution >= 0.6 is 23.2 Å². The smallest absolute Gasteiger partial charge is 0.142 e. The van der Waals surface area contributed by atoms with Crippen molar-refractivity contribution in [3.05, 3.63) is 27.7 Å². The fraction of sp³-hybridized carbons (Fsp3) is 0.571. The molecule has 0 aliphatic heterocycles. The lowest BCUT2D eigenvalue weighted by Gasteiger charge is -2.17. The van der Waals surface area contributed by atoms with Gasteiger partial charge in [-0.2, -0.15) is 0 Å². The number of halogens is 2. The summed E-state index contributed by atoms with van der Waals surface area (Å²) in [7, 11) is 0. The van der Waals surface area contributed by atoms with Crippen molar-refractivity contribution in [2.45, 2.75) is 26.5 Å². The van der Waals surface area contributed by atoms with Crippen LogP contribution in [-0.2, 0) is 6.54 Å². The number of aliphatic hydroxyl groups is 1. The summed E-state index contributed by atoms with van der Waals surface area (Å²) in [5.41, 5.74) is 0.943. The summed E-state index contributed by atoms with van der Waals surface area (Å²) in [5.74, 6) is 0.682. The molecule has 0 spiro atoms.